The Kier molecular flexibility index (Phi) is 3.55. The molecule has 2 aromatic rings. The van der Waals surface area contributed by atoms with E-state index in [1.807, 2.05) is 13.0 Å². The second kappa shape index (κ2) is 5.11. The molecule has 0 spiro atoms. The van der Waals surface area contributed by atoms with Crippen molar-refractivity contribution in [3.63, 3.8) is 0 Å². The van der Waals surface area contributed by atoms with Crippen LogP contribution in [-0.2, 0) is 15.4 Å². The van der Waals surface area contributed by atoms with Gasteiger partial charge in [-0.15, -0.1) is 0 Å². The smallest absolute Gasteiger partial charge is 0.212 e. The normalized spacial score (nSPS) is 12.4. The minimum atomic E-state index is -1.58. The molecule has 2 rings (SSSR count). The molecule has 1 N–H and O–H groups in total. The van der Waals surface area contributed by atoms with Crippen molar-refractivity contribution in [3.05, 3.63) is 41.7 Å². The maximum absolute atomic E-state index is 11.7. The van der Waals surface area contributed by atoms with Crippen LogP contribution in [0, 0.1) is 13.8 Å². The Hall–Kier alpha value is -1.66. The molecule has 0 radical (unpaired) electrons. The average Bonchev–Trinajstić information content (AvgIpc) is 2.68. The number of hydrogen-bond acceptors (Lipinski definition) is 5. The summed E-state index contributed by atoms with van der Waals surface area (Å²) < 4.78 is 21.7. The fourth-order valence-corrected chi connectivity index (χ4v) is 1.80. The minimum Gasteiger partial charge on any atom is -0.359 e. The summed E-state index contributed by atoms with van der Waals surface area (Å²) in [5.74, 6) is 1.13. The van der Waals surface area contributed by atoms with Crippen LogP contribution in [0.2, 0.25) is 0 Å². The molecule has 1 atom stereocenters. The SMILES string of the molecule is Cc1onc(NOS(=O)c2ccccc2)c1C. The molecule has 0 aliphatic carbocycles. The first-order valence-electron chi connectivity index (χ1n) is 5.01. The summed E-state index contributed by atoms with van der Waals surface area (Å²) in [6.45, 7) is 3.63. The molecule has 5 nitrogen and oxygen atoms in total. The molecule has 0 bridgehead atoms. The summed E-state index contributed by atoms with van der Waals surface area (Å²) in [5, 5.41) is 3.74. The molecular weight excluding hydrogens is 240 g/mol. The van der Waals surface area contributed by atoms with Crippen LogP contribution in [0.1, 0.15) is 11.3 Å². The summed E-state index contributed by atoms with van der Waals surface area (Å²) >= 11 is -1.58. The highest BCUT2D eigenvalue weighted by atomic mass is 32.2. The zero-order chi connectivity index (χ0) is 12.3. The van der Waals surface area contributed by atoms with Gasteiger partial charge in [0, 0.05) is 5.56 Å². The van der Waals surface area contributed by atoms with Crippen LogP contribution < -0.4 is 5.48 Å². The van der Waals surface area contributed by atoms with Gasteiger partial charge in [-0.2, -0.15) is 4.28 Å². The second-order valence-electron chi connectivity index (χ2n) is 3.45. The summed E-state index contributed by atoms with van der Waals surface area (Å²) in [5.41, 5.74) is 3.36. The number of nitrogens with one attached hydrogen (secondary N) is 1. The van der Waals surface area contributed by atoms with E-state index in [1.54, 1.807) is 31.2 Å². The maximum atomic E-state index is 11.7. The molecule has 1 heterocycles. The third kappa shape index (κ3) is 2.72. The number of aromatic nitrogens is 1. The molecule has 0 saturated heterocycles. The summed E-state index contributed by atoms with van der Waals surface area (Å²) in [6.07, 6.45) is 0. The van der Waals surface area contributed by atoms with E-state index in [4.69, 9.17) is 8.81 Å². The molecule has 0 aliphatic heterocycles. The topological polar surface area (TPSA) is 64.4 Å². The van der Waals surface area contributed by atoms with Crippen molar-refractivity contribution < 1.29 is 13.0 Å². The first-order chi connectivity index (χ1) is 8.18. The number of nitrogens with zero attached hydrogens (tertiary/aromatic N) is 1. The van der Waals surface area contributed by atoms with E-state index >= 15 is 0 Å². The summed E-state index contributed by atoms with van der Waals surface area (Å²) in [4.78, 5) is 0.581. The van der Waals surface area contributed by atoms with Crippen LogP contribution in [0.5, 0.6) is 0 Å². The number of benzene rings is 1. The van der Waals surface area contributed by atoms with E-state index in [2.05, 4.69) is 10.6 Å². The lowest BCUT2D eigenvalue weighted by Gasteiger charge is -2.03. The van der Waals surface area contributed by atoms with Gasteiger partial charge in [0.2, 0.25) is 11.1 Å². The van der Waals surface area contributed by atoms with Crippen molar-refractivity contribution in [2.75, 3.05) is 5.48 Å². The molecule has 0 aliphatic rings. The first kappa shape index (κ1) is 11.8. The third-order valence-corrected chi connectivity index (χ3v) is 3.20. The van der Waals surface area contributed by atoms with Gasteiger partial charge >= 0.3 is 0 Å². The molecule has 1 unspecified atom stereocenters. The molecule has 90 valence electrons. The van der Waals surface area contributed by atoms with Gasteiger partial charge in [0.25, 0.3) is 0 Å². The second-order valence-corrected chi connectivity index (χ2v) is 4.55. The predicted molar refractivity (Wildman–Crippen MR) is 63.5 cm³/mol. The van der Waals surface area contributed by atoms with Crippen LogP contribution in [0.4, 0.5) is 5.82 Å². The Bertz CT molecular complexity index is 525. The van der Waals surface area contributed by atoms with E-state index in [-0.39, 0.29) is 0 Å². The van der Waals surface area contributed by atoms with Gasteiger partial charge in [0.05, 0.1) is 4.90 Å². The Morgan fingerprint density at radius 3 is 2.59 bits per heavy atom. The van der Waals surface area contributed by atoms with Crippen LogP contribution in [0.15, 0.2) is 39.8 Å². The van der Waals surface area contributed by atoms with Gasteiger partial charge in [-0.3, -0.25) is 0 Å². The van der Waals surface area contributed by atoms with E-state index < -0.39 is 11.1 Å². The van der Waals surface area contributed by atoms with Crippen LogP contribution in [0.3, 0.4) is 0 Å². The zero-order valence-corrected chi connectivity index (χ0v) is 10.3. The van der Waals surface area contributed by atoms with E-state index in [1.165, 1.54) is 0 Å². The summed E-state index contributed by atoms with van der Waals surface area (Å²) in [7, 11) is 0. The molecule has 6 heteroatoms. The lowest BCUT2D eigenvalue weighted by atomic mass is 10.3. The van der Waals surface area contributed by atoms with Gasteiger partial charge < -0.3 is 4.52 Å². The van der Waals surface area contributed by atoms with Crippen molar-refractivity contribution in [3.8, 4) is 0 Å². The average molecular weight is 252 g/mol. The highest BCUT2D eigenvalue weighted by molar-refractivity contribution is 7.80. The zero-order valence-electron chi connectivity index (χ0n) is 9.47. The van der Waals surface area contributed by atoms with Gasteiger partial charge in [-0.25, -0.2) is 9.69 Å². The van der Waals surface area contributed by atoms with Crippen LogP contribution >= 0.6 is 0 Å². The quantitative estimate of drug-likeness (QED) is 0.846. The Morgan fingerprint density at radius 1 is 1.29 bits per heavy atom. The number of rotatable bonds is 4. The number of hydrogen-bond donors (Lipinski definition) is 1. The van der Waals surface area contributed by atoms with Crippen molar-refractivity contribution in [1.82, 2.24) is 5.16 Å². The van der Waals surface area contributed by atoms with Crippen molar-refractivity contribution in [2.45, 2.75) is 18.7 Å². The van der Waals surface area contributed by atoms with Gasteiger partial charge in [-0.1, -0.05) is 23.4 Å². The van der Waals surface area contributed by atoms with Crippen molar-refractivity contribution in [2.24, 2.45) is 0 Å². The Morgan fingerprint density at radius 2 is 2.00 bits per heavy atom. The minimum absolute atomic E-state index is 0.437. The van der Waals surface area contributed by atoms with Gasteiger partial charge in [0.15, 0.2) is 5.82 Å². The maximum Gasteiger partial charge on any atom is 0.212 e. The molecule has 0 fully saturated rings. The van der Waals surface area contributed by atoms with Gasteiger partial charge in [0.1, 0.15) is 5.76 Å². The van der Waals surface area contributed by atoms with Crippen LogP contribution in [-0.4, -0.2) is 9.37 Å². The van der Waals surface area contributed by atoms with E-state index in [0.717, 1.165) is 5.56 Å². The third-order valence-electron chi connectivity index (χ3n) is 2.31. The Labute approximate surface area is 101 Å². The lowest BCUT2D eigenvalue weighted by molar-refractivity contribution is 0.384. The number of anilines is 1. The Balaban J connectivity index is 2.00. The fourth-order valence-electron chi connectivity index (χ4n) is 1.17. The monoisotopic (exact) mass is 252 g/mol. The van der Waals surface area contributed by atoms with E-state index in [9.17, 15) is 4.21 Å². The van der Waals surface area contributed by atoms with Crippen molar-refractivity contribution in [1.29, 1.82) is 0 Å². The first-order valence-corrected chi connectivity index (χ1v) is 6.09. The lowest BCUT2D eigenvalue weighted by Crippen LogP contribution is -2.06. The highest BCUT2D eigenvalue weighted by Gasteiger charge is 2.10. The van der Waals surface area contributed by atoms with Crippen molar-refractivity contribution >= 4 is 16.9 Å². The summed E-state index contributed by atoms with van der Waals surface area (Å²) in [6, 6.07) is 8.88. The van der Waals surface area contributed by atoms with Crippen LogP contribution in [0.25, 0.3) is 0 Å². The molecular formula is C11H12N2O3S. The molecule has 17 heavy (non-hydrogen) atoms. The standard InChI is InChI=1S/C11H12N2O3S/c1-8-9(2)15-12-11(8)13-16-17(14)10-6-4-3-5-7-10/h3-7H,1-2H3,(H,12,13). The fraction of sp³-hybridized carbons (Fsp3) is 0.182. The molecule has 1 aromatic carbocycles. The predicted octanol–water partition coefficient (Wildman–Crippen LogP) is 2.36. The molecule has 0 amide bonds. The van der Waals surface area contributed by atoms with E-state index in [0.29, 0.717) is 16.5 Å². The highest BCUT2D eigenvalue weighted by Crippen LogP contribution is 2.17. The van der Waals surface area contributed by atoms with Gasteiger partial charge in [-0.05, 0) is 26.0 Å². The molecule has 0 saturated carbocycles. The number of aryl methyl sites for hydroxylation is 1. The largest absolute Gasteiger partial charge is 0.359 e. The molecule has 1 aromatic heterocycles.